The van der Waals surface area contributed by atoms with Crippen molar-refractivity contribution in [1.82, 2.24) is 0 Å². The van der Waals surface area contributed by atoms with Gasteiger partial charge in [-0.15, -0.1) is 0 Å². The van der Waals surface area contributed by atoms with Crippen molar-refractivity contribution in [2.24, 2.45) is 0 Å². The molecule has 0 aliphatic heterocycles. The topological polar surface area (TPSA) is 176 Å². The fourth-order valence-corrected chi connectivity index (χ4v) is 8.75. The van der Waals surface area contributed by atoms with Gasteiger partial charge in [-0.3, -0.25) is 14.4 Å². The first-order valence-corrected chi connectivity index (χ1v) is 28.5. The number of rotatable bonds is 40. The monoisotopic (exact) mass is 1090 g/mol. The lowest BCUT2D eigenvalue weighted by molar-refractivity contribution is -0.157. The number of carbonyl (C=O) groups is 6. The highest BCUT2D eigenvalue weighted by atomic mass is 16.6. The number of ether oxygens (including phenoxy) is 8. The van der Waals surface area contributed by atoms with Gasteiger partial charge in [0.15, 0.2) is 0 Å². The summed E-state index contributed by atoms with van der Waals surface area (Å²) in [7, 11) is 0. The Balaban J connectivity index is 1.02. The Morgan fingerprint density at radius 2 is 0.823 bits per heavy atom. The quantitative estimate of drug-likeness (QED) is 0.0103. The van der Waals surface area contributed by atoms with Crippen LogP contribution in [0.4, 0.5) is 0 Å². The molecule has 0 aliphatic carbocycles. The molecule has 14 nitrogen and oxygen atoms in total. The Hall–Kier alpha value is -6.70. The van der Waals surface area contributed by atoms with Crippen LogP contribution in [0.1, 0.15) is 210 Å². The lowest BCUT2D eigenvalue weighted by atomic mass is 9.99. The summed E-state index contributed by atoms with van der Waals surface area (Å²) in [4.78, 5) is 72.9. The minimum absolute atomic E-state index is 0.160. The van der Waals surface area contributed by atoms with Crippen LogP contribution in [0.3, 0.4) is 0 Å². The molecule has 14 heteroatoms. The van der Waals surface area contributed by atoms with Gasteiger partial charge in [-0.25, -0.2) is 14.4 Å². The van der Waals surface area contributed by atoms with Gasteiger partial charge in [0, 0.05) is 18.4 Å². The van der Waals surface area contributed by atoms with Crippen LogP contribution >= 0.6 is 0 Å². The molecule has 4 rings (SSSR count). The summed E-state index contributed by atoms with van der Waals surface area (Å²) in [6.45, 7) is 18.8. The van der Waals surface area contributed by atoms with Crippen LogP contribution in [0, 0.1) is 0 Å². The standard InChI is InChI=1S/C65H88O14/c1-49(2)60(69)79-65(7,8)42-22-16-18-26-58(67)74-45-25-15-11-14-24-44-73-55-36-30-51(31-37-55)62(71)77-57-39-33-52-46-56(38-32-53(52)47-57)76-61(70)50-28-34-54(35-29-50)72-43-23-13-10-9-12-20-41-64(5,6)78-59(68)27-19-17-21-40-63(3,4)75-48-66/h28-39,46-48H,1,9-27,40-45H2,2-8H3. The van der Waals surface area contributed by atoms with Crippen molar-refractivity contribution in [3.63, 3.8) is 0 Å². The van der Waals surface area contributed by atoms with E-state index in [9.17, 15) is 28.8 Å². The summed E-state index contributed by atoms with van der Waals surface area (Å²) in [5, 5.41) is 1.62. The maximum atomic E-state index is 13.0. The molecule has 0 fully saturated rings. The van der Waals surface area contributed by atoms with Crippen molar-refractivity contribution in [3.05, 3.63) is 108 Å². The highest BCUT2D eigenvalue weighted by Crippen LogP contribution is 2.28. The van der Waals surface area contributed by atoms with Gasteiger partial charge in [-0.05, 0) is 203 Å². The number of unbranched alkanes of at least 4 members (excludes halogenated alkanes) is 13. The molecule has 0 heterocycles. The van der Waals surface area contributed by atoms with Crippen molar-refractivity contribution < 1.29 is 66.7 Å². The van der Waals surface area contributed by atoms with E-state index in [0.29, 0.717) is 78.8 Å². The summed E-state index contributed by atoms with van der Waals surface area (Å²) in [6.07, 6.45) is 19.0. The number of benzene rings is 4. The van der Waals surface area contributed by atoms with Gasteiger partial charge >= 0.3 is 29.8 Å². The fraction of sp³-hybridized carbons (Fsp3) is 0.538. The van der Waals surface area contributed by atoms with Crippen molar-refractivity contribution in [2.45, 2.75) is 207 Å². The molecule has 432 valence electrons. The number of fused-ring (bicyclic) bond motifs is 1. The van der Waals surface area contributed by atoms with E-state index in [1.165, 1.54) is 0 Å². The van der Waals surface area contributed by atoms with E-state index in [4.69, 9.17) is 37.9 Å². The minimum Gasteiger partial charge on any atom is -0.494 e. The van der Waals surface area contributed by atoms with Gasteiger partial charge in [-0.2, -0.15) is 0 Å². The molecule has 0 amide bonds. The predicted octanol–water partition coefficient (Wildman–Crippen LogP) is 15.3. The van der Waals surface area contributed by atoms with E-state index in [0.717, 1.165) is 139 Å². The summed E-state index contributed by atoms with van der Waals surface area (Å²) in [5.41, 5.74) is -0.351. The van der Waals surface area contributed by atoms with Gasteiger partial charge in [0.05, 0.1) is 30.9 Å². The largest absolute Gasteiger partial charge is 0.494 e. The van der Waals surface area contributed by atoms with Crippen LogP contribution in [0.5, 0.6) is 23.0 Å². The van der Waals surface area contributed by atoms with Crippen LogP contribution in [-0.2, 0) is 38.1 Å². The molecule has 0 spiro atoms. The third-order valence-corrected chi connectivity index (χ3v) is 13.4. The van der Waals surface area contributed by atoms with Crippen LogP contribution in [0.25, 0.3) is 10.8 Å². The first kappa shape index (κ1) is 64.8. The second kappa shape index (κ2) is 34.3. The van der Waals surface area contributed by atoms with Gasteiger partial charge in [0.25, 0.3) is 6.47 Å². The second-order valence-corrected chi connectivity index (χ2v) is 22.3. The fourth-order valence-electron chi connectivity index (χ4n) is 8.75. The van der Waals surface area contributed by atoms with Gasteiger partial charge in [-0.1, -0.05) is 76.5 Å². The SMILES string of the molecule is C=C(C)C(=O)OC(C)(C)CCCCCC(=O)OCCCCCCCOc1ccc(C(=O)Oc2ccc3cc(OC(=O)c4ccc(OCCCCCCCCC(C)(C)OC(=O)CCCCCC(C)(C)OC=O)cc4)ccc3c2)cc1. The number of hydrogen-bond donors (Lipinski definition) is 0. The molecular weight excluding hydrogens is 1000 g/mol. The third kappa shape index (κ3) is 27.2. The molecule has 4 aromatic rings. The van der Waals surface area contributed by atoms with Crippen LogP contribution in [-0.4, -0.2) is 72.9 Å². The smallest absolute Gasteiger partial charge is 0.343 e. The molecule has 0 aliphatic rings. The van der Waals surface area contributed by atoms with E-state index in [1.54, 1.807) is 79.7 Å². The lowest BCUT2D eigenvalue weighted by Gasteiger charge is -2.25. The highest BCUT2D eigenvalue weighted by Gasteiger charge is 2.24. The van der Waals surface area contributed by atoms with Gasteiger partial charge in [0.1, 0.15) is 39.8 Å². The molecule has 0 saturated carbocycles. The maximum Gasteiger partial charge on any atom is 0.343 e. The first-order chi connectivity index (χ1) is 37.7. The molecule has 79 heavy (non-hydrogen) atoms. The molecule has 0 aromatic heterocycles. The average molecular weight is 1090 g/mol. The number of hydrogen-bond acceptors (Lipinski definition) is 14. The Labute approximate surface area is 469 Å². The predicted molar refractivity (Wildman–Crippen MR) is 307 cm³/mol. The molecule has 0 saturated heterocycles. The van der Waals surface area contributed by atoms with Crippen molar-refractivity contribution >= 4 is 47.1 Å². The van der Waals surface area contributed by atoms with Crippen molar-refractivity contribution in [2.75, 3.05) is 19.8 Å². The van der Waals surface area contributed by atoms with Crippen molar-refractivity contribution in [1.29, 1.82) is 0 Å². The van der Waals surface area contributed by atoms with E-state index < -0.39 is 28.7 Å². The molecule has 0 N–H and O–H groups in total. The summed E-state index contributed by atoms with van der Waals surface area (Å²) < 4.78 is 44.9. The van der Waals surface area contributed by atoms with Gasteiger partial charge < -0.3 is 37.9 Å². The van der Waals surface area contributed by atoms with Crippen molar-refractivity contribution in [3.8, 4) is 23.0 Å². The zero-order valence-electron chi connectivity index (χ0n) is 48.3. The molecule has 0 bridgehead atoms. The molecule has 0 atom stereocenters. The Bertz CT molecular complexity index is 2520. The zero-order valence-corrected chi connectivity index (χ0v) is 48.3. The van der Waals surface area contributed by atoms with Gasteiger partial charge in [0.2, 0.25) is 0 Å². The lowest BCUT2D eigenvalue weighted by Crippen LogP contribution is -2.28. The van der Waals surface area contributed by atoms with Crippen LogP contribution < -0.4 is 18.9 Å². The number of carbonyl (C=O) groups excluding carboxylic acids is 6. The van der Waals surface area contributed by atoms with E-state index in [-0.39, 0.29) is 17.9 Å². The minimum atomic E-state index is -0.560. The number of esters is 5. The summed E-state index contributed by atoms with van der Waals surface area (Å²) >= 11 is 0. The first-order valence-electron chi connectivity index (χ1n) is 28.5. The van der Waals surface area contributed by atoms with E-state index >= 15 is 0 Å². The zero-order chi connectivity index (χ0) is 57.5. The van der Waals surface area contributed by atoms with Crippen LogP contribution in [0.15, 0.2) is 97.1 Å². The highest BCUT2D eigenvalue weighted by molar-refractivity contribution is 5.94. The maximum absolute atomic E-state index is 13.0. The average Bonchev–Trinajstić information content (AvgIpc) is 3.44. The van der Waals surface area contributed by atoms with E-state index in [1.807, 2.05) is 53.7 Å². The molecule has 4 aromatic carbocycles. The summed E-state index contributed by atoms with van der Waals surface area (Å²) in [6, 6.07) is 24.3. The summed E-state index contributed by atoms with van der Waals surface area (Å²) in [5.74, 6) is 0.417. The Kier molecular flexibility index (Phi) is 28.2. The molecular formula is C65H88O14. The molecule has 0 radical (unpaired) electrons. The molecule has 0 unspecified atom stereocenters. The normalized spacial score (nSPS) is 11.6. The second-order valence-electron chi connectivity index (χ2n) is 22.3. The van der Waals surface area contributed by atoms with Crippen LogP contribution in [0.2, 0.25) is 0 Å². The Morgan fingerprint density at radius 3 is 1.28 bits per heavy atom. The van der Waals surface area contributed by atoms with E-state index in [2.05, 4.69) is 6.58 Å². The Morgan fingerprint density at radius 1 is 0.443 bits per heavy atom. The third-order valence-electron chi connectivity index (χ3n) is 13.4.